The first-order chi connectivity index (χ1) is 13.0. The van der Waals surface area contributed by atoms with E-state index in [9.17, 15) is 8.42 Å². The smallest absolute Gasteiger partial charge is 0.243 e. The van der Waals surface area contributed by atoms with Gasteiger partial charge in [0.05, 0.1) is 11.4 Å². The van der Waals surface area contributed by atoms with Crippen LogP contribution in [0, 0.1) is 6.92 Å². The maximum atomic E-state index is 13.2. The minimum Gasteiger partial charge on any atom is -0.399 e. The number of hydrogen-bond acceptors (Lipinski definition) is 4. The van der Waals surface area contributed by atoms with Crippen LogP contribution in [0.1, 0.15) is 24.5 Å². The number of rotatable bonds is 5. The second-order valence-corrected chi connectivity index (χ2v) is 8.44. The summed E-state index contributed by atoms with van der Waals surface area (Å²) in [5, 5.41) is 4.16. The first-order valence-electron chi connectivity index (χ1n) is 8.92. The second-order valence-electron chi connectivity index (χ2n) is 6.50. The van der Waals surface area contributed by atoms with Crippen molar-refractivity contribution in [3.05, 3.63) is 71.3 Å². The number of aryl methyl sites for hydroxylation is 1. The molecule has 0 N–H and O–H groups in total. The quantitative estimate of drug-likeness (QED) is 0.736. The SMILES string of the molecule is CCC1=C(c2ccccc2)/C(=N\OC)CN(S(=O)(=O)c2ccc(C)cc2)C1. The van der Waals surface area contributed by atoms with Gasteiger partial charge in [0, 0.05) is 12.1 Å². The van der Waals surface area contributed by atoms with Crippen molar-refractivity contribution >= 4 is 21.3 Å². The van der Waals surface area contributed by atoms with Gasteiger partial charge in [-0.2, -0.15) is 4.31 Å². The molecule has 1 heterocycles. The molecule has 0 bridgehead atoms. The number of sulfonamides is 1. The molecular formula is C21H24N2O3S. The van der Waals surface area contributed by atoms with E-state index < -0.39 is 10.0 Å². The number of nitrogens with zero attached hydrogens (tertiary/aromatic N) is 2. The zero-order chi connectivity index (χ0) is 19.4. The van der Waals surface area contributed by atoms with Crippen LogP contribution in [-0.2, 0) is 14.9 Å². The molecule has 1 aliphatic heterocycles. The van der Waals surface area contributed by atoms with Gasteiger partial charge in [0.2, 0.25) is 10.0 Å². The zero-order valence-electron chi connectivity index (χ0n) is 15.8. The average Bonchev–Trinajstić information content (AvgIpc) is 2.68. The lowest BCUT2D eigenvalue weighted by molar-refractivity contribution is 0.212. The predicted molar refractivity (Wildman–Crippen MR) is 108 cm³/mol. The van der Waals surface area contributed by atoms with Gasteiger partial charge < -0.3 is 4.84 Å². The van der Waals surface area contributed by atoms with Gasteiger partial charge in [0.25, 0.3) is 0 Å². The largest absolute Gasteiger partial charge is 0.399 e. The molecule has 0 unspecified atom stereocenters. The molecule has 0 radical (unpaired) electrons. The van der Waals surface area contributed by atoms with E-state index in [1.54, 1.807) is 12.1 Å². The van der Waals surface area contributed by atoms with Crippen molar-refractivity contribution in [3.63, 3.8) is 0 Å². The maximum absolute atomic E-state index is 13.2. The molecule has 2 aromatic carbocycles. The topological polar surface area (TPSA) is 59.0 Å². The van der Waals surface area contributed by atoms with E-state index in [1.807, 2.05) is 56.3 Å². The Morgan fingerprint density at radius 3 is 2.30 bits per heavy atom. The van der Waals surface area contributed by atoms with Gasteiger partial charge >= 0.3 is 0 Å². The monoisotopic (exact) mass is 384 g/mol. The average molecular weight is 385 g/mol. The van der Waals surface area contributed by atoms with Gasteiger partial charge in [0.15, 0.2) is 0 Å². The predicted octanol–water partition coefficient (Wildman–Crippen LogP) is 3.87. The van der Waals surface area contributed by atoms with Crippen LogP contribution >= 0.6 is 0 Å². The molecular weight excluding hydrogens is 360 g/mol. The van der Waals surface area contributed by atoms with Gasteiger partial charge in [-0.05, 0) is 36.6 Å². The number of hydrogen-bond donors (Lipinski definition) is 0. The first kappa shape index (κ1) is 19.3. The van der Waals surface area contributed by atoms with Crippen LogP contribution < -0.4 is 0 Å². The lowest BCUT2D eigenvalue weighted by atomic mass is 9.91. The summed E-state index contributed by atoms with van der Waals surface area (Å²) in [5.74, 6) is 0. The lowest BCUT2D eigenvalue weighted by Crippen LogP contribution is -2.41. The Morgan fingerprint density at radius 1 is 1.04 bits per heavy atom. The van der Waals surface area contributed by atoms with Crippen molar-refractivity contribution < 1.29 is 13.3 Å². The van der Waals surface area contributed by atoms with Crippen molar-refractivity contribution in [1.82, 2.24) is 4.31 Å². The van der Waals surface area contributed by atoms with Crippen molar-refractivity contribution in [2.75, 3.05) is 20.2 Å². The van der Waals surface area contributed by atoms with E-state index in [0.717, 1.165) is 28.7 Å². The van der Waals surface area contributed by atoms with E-state index in [0.29, 0.717) is 17.2 Å². The molecule has 1 aliphatic rings. The van der Waals surface area contributed by atoms with Crippen molar-refractivity contribution in [2.45, 2.75) is 25.2 Å². The molecule has 0 fully saturated rings. The summed E-state index contributed by atoms with van der Waals surface area (Å²) in [7, 11) is -2.14. The van der Waals surface area contributed by atoms with E-state index in [1.165, 1.54) is 11.4 Å². The molecule has 0 aromatic heterocycles. The highest BCUT2D eigenvalue weighted by Gasteiger charge is 2.33. The van der Waals surface area contributed by atoms with Crippen LogP contribution in [0.25, 0.3) is 5.57 Å². The second kappa shape index (κ2) is 8.06. The fraction of sp³-hybridized carbons (Fsp3) is 0.286. The highest BCUT2D eigenvalue weighted by atomic mass is 32.2. The fourth-order valence-corrected chi connectivity index (χ4v) is 4.67. The summed E-state index contributed by atoms with van der Waals surface area (Å²) < 4.78 is 27.8. The van der Waals surface area contributed by atoms with Crippen LogP contribution in [0.2, 0.25) is 0 Å². The molecule has 0 aliphatic carbocycles. The first-order valence-corrected chi connectivity index (χ1v) is 10.4. The Labute approximate surface area is 161 Å². The minimum atomic E-state index is -3.62. The maximum Gasteiger partial charge on any atom is 0.243 e. The molecule has 0 saturated heterocycles. The van der Waals surface area contributed by atoms with Crippen LogP contribution in [0.5, 0.6) is 0 Å². The molecule has 0 spiro atoms. The summed E-state index contributed by atoms with van der Waals surface area (Å²) in [5.41, 5.74) is 4.68. The van der Waals surface area contributed by atoms with Gasteiger partial charge in [-0.25, -0.2) is 8.42 Å². The van der Waals surface area contributed by atoms with Crippen molar-refractivity contribution in [1.29, 1.82) is 0 Å². The number of benzene rings is 2. The van der Waals surface area contributed by atoms with E-state index in [2.05, 4.69) is 5.16 Å². The summed E-state index contributed by atoms with van der Waals surface area (Å²) in [4.78, 5) is 5.34. The number of oxime groups is 1. The normalized spacial score (nSPS) is 17.4. The summed E-state index contributed by atoms with van der Waals surface area (Å²) >= 11 is 0. The van der Waals surface area contributed by atoms with Crippen molar-refractivity contribution in [2.24, 2.45) is 5.16 Å². The Bertz CT molecular complexity index is 962. The standard InChI is InChI=1S/C21H24N2O3S/c1-4-17-14-23(27(24,25)19-12-10-16(2)11-13-19)15-20(22-26-3)21(17)18-8-6-5-7-9-18/h5-13H,4,14-15H2,1-3H3/b22-20-. The van der Waals surface area contributed by atoms with Crippen LogP contribution in [-0.4, -0.2) is 38.6 Å². The molecule has 27 heavy (non-hydrogen) atoms. The highest BCUT2D eigenvalue weighted by molar-refractivity contribution is 7.89. The summed E-state index contributed by atoms with van der Waals surface area (Å²) in [6.45, 7) is 4.49. The summed E-state index contributed by atoms with van der Waals surface area (Å²) in [6.07, 6.45) is 0.729. The highest BCUT2D eigenvalue weighted by Crippen LogP contribution is 2.30. The van der Waals surface area contributed by atoms with Crippen LogP contribution in [0.3, 0.4) is 0 Å². The third-order valence-corrected chi connectivity index (χ3v) is 6.49. The van der Waals surface area contributed by atoms with Gasteiger partial charge in [-0.15, -0.1) is 0 Å². The molecule has 2 aromatic rings. The van der Waals surface area contributed by atoms with Gasteiger partial charge in [-0.1, -0.05) is 60.1 Å². The third kappa shape index (κ3) is 3.96. The molecule has 0 amide bonds. The van der Waals surface area contributed by atoms with E-state index >= 15 is 0 Å². The molecule has 0 atom stereocenters. The minimum absolute atomic E-state index is 0.178. The molecule has 5 nitrogen and oxygen atoms in total. The third-order valence-electron chi connectivity index (χ3n) is 4.68. The molecule has 142 valence electrons. The zero-order valence-corrected chi connectivity index (χ0v) is 16.7. The van der Waals surface area contributed by atoms with Gasteiger partial charge in [-0.3, -0.25) is 0 Å². The Hall–Kier alpha value is -2.44. The van der Waals surface area contributed by atoms with Gasteiger partial charge in [0.1, 0.15) is 12.8 Å². The van der Waals surface area contributed by atoms with Crippen LogP contribution in [0.4, 0.5) is 0 Å². The molecule has 6 heteroatoms. The van der Waals surface area contributed by atoms with Crippen LogP contribution in [0.15, 0.2) is 70.2 Å². The Kier molecular flexibility index (Phi) is 5.77. The van der Waals surface area contributed by atoms with Crippen molar-refractivity contribution in [3.8, 4) is 0 Å². The Morgan fingerprint density at radius 2 is 1.70 bits per heavy atom. The molecule has 0 saturated carbocycles. The molecule has 3 rings (SSSR count). The van der Waals surface area contributed by atoms with E-state index in [4.69, 9.17) is 4.84 Å². The summed E-state index contributed by atoms with van der Waals surface area (Å²) in [6, 6.07) is 16.9. The Balaban J connectivity index is 2.06. The fourth-order valence-electron chi connectivity index (χ4n) is 3.28. The lowest BCUT2D eigenvalue weighted by Gasteiger charge is -2.31. The van der Waals surface area contributed by atoms with E-state index in [-0.39, 0.29) is 6.54 Å².